The Kier molecular flexibility index (Phi) is 4.80. The highest BCUT2D eigenvalue weighted by Gasteiger charge is 2.36. The van der Waals surface area contributed by atoms with Crippen LogP contribution >= 0.6 is 0 Å². The molecule has 0 amide bonds. The van der Waals surface area contributed by atoms with Crippen LogP contribution in [-0.4, -0.2) is 39.0 Å². The number of benzene rings is 1. The fraction of sp³-hybridized carbons (Fsp3) is 0.312. The third-order valence-electron chi connectivity index (χ3n) is 3.96. The lowest BCUT2D eigenvalue weighted by Crippen LogP contribution is -2.25. The zero-order chi connectivity index (χ0) is 18.9. The fourth-order valence-electron chi connectivity index (χ4n) is 2.64. The van der Waals surface area contributed by atoms with E-state index in [1.807, 2.05) is 0 Å². The van der Waals surface area contributed by atoms with Crippen molar-refractivity contribution in [3.8, 4) is 0 Å². The molecule has 1 aliphatic rings. The number of sulfonamides is 2. The molecule has 1 aliphatic heterocycles. The maximum absolute atomic E-state index is 12.1. The molecule has 8 nitrogen and oxygen atoms in total. The van der Waals surface area contributed by atoms with Gasteiger partial charge in [0.25, 0.3) is 0 Å². The highest BCUT2D eigenvalue weighted by molar-refractivity contribution is 7.92. The summed E-state index contributed by atoms with van der Waals surface area (Å²) in [7, 11) is -6.91. The van der Waals surface area contributed by atoms with Crippen molar-refractivity contribution in [2.75, 3.05) is 16.7 Å². The molecule has 0 unspecified atom stereocenters. The minimum Gasteiger partial charge on any atom is -0.467 e. The van der Waals surface area contributed by atoms with Crippen molar-refractivity contribution in [3.05, 3.63) is 54.0 Å². The predicted molar refractivity (Wildman–Crippen MR) is 98.8 cm³/mol. The second-order valence-corrected chi connectivity index (χ2v) is 9.75. The second kappa shape index (κ2) is 6.76. The molecule has 1 N–H and O–H groups in total. The van der Waals surface area contributed by atoms with E-state index >= 15 is 0 Å². The van der Waals surface area contributed by atoms with E-state index in [0.717, 1.165) is 10.7 Å². The molecule has 0 radical (unpaired) electrons. The van der Waals surface area contributed by atoms with Crippen LogP contribution in [0.1, 0.15) is 30.7 Å². The van der Waals surface area contributed by atoms with E-state index in [4.69, 9.17) is 4.42 Å². The molecule has 1 aromatic carbocycles. The van der Waals surface area contributed by atoms with Gasteiger partial charge >= 0.3 is 0 Å². The quantitative estimate of drug-likeness (QED) is 0.803. The molecular weight excluding hydrogens is 378 g/mol. The number of nitrogens with zero attached hydrogens (tertiary/aromatic N) is 2. The monoisotopic (exact) mass is 397 g/mol. The molecule has 1 aromatic heterocycles. The van der Waals surface area contributed by atoms with Gasteiger partial charge in [-0.2, -0.15) is 9.52 Å². The molecule has 140 valence electrons. The van der Waals surface area contributed by atoms with Crippen molar-refractivity contribution in [2.45, 2.75) is 19.4 Å². The lowest BCUT2D eigenvalue weighted by atomic mass is 10.0. The van der Waals surface area contributed by atoms with Gasteiger partial charge in [-0.1, -0.05) is 12.1 Å². The number of hydrazone groups is 1. The standard InChI is InChI=1S/C16H19N3O5S2/c1-3-26(22,23)18-13-8-6-12(7-9-13)14-11-15(16-5-4-10-24-16)19(17-14)25(2,20)21/h4-10,15,18H,3,11H2,1-2H3/t15-/m1/s1. The molecule has 10 heteroatoms. The van der Waals surface area contributed by atoms with E-state index in [0.29, 0.717) is 29.1 Å². The largest absolute Gasteiger partial charge is 0.467 e. The molecule has 0 aliphatic carbocycles. The van der Waals surface area contributed by atoms with E-state index in [1.165, 1.54) is 6.26 Å². The Morgan fingerprint density at radius 1 is 1.19 bits per heavy atom. The molecule has 0 bridgehead atoms. The average Bonchev–Trinajstić information content (AvgIpc) is 3.24. The predicted octanol–water partition coefficient (Wildman–Crippen LogP) is 2.15. The molecule has 0 saturated heterocycles. The maximum atomic E-state index is 12.1. The number of rotatable bonds is 6. The smallest absolute Gasteiger partial charge is 0.247 e. The zero-order valence-corrected chi connectivity index (χ0v) is 15.9. The first-order valence-electron chi connectivity index (χ1n) is 7.91. The first-order chi connectivity index (χ1) is 12.2. The Labute approximate surface area is 152 Å². The molecule has 26 heavy (non-hydrogen) atoms. The van der Waals surface area contributed by atoms with E-state index in [2.05, 4.69) is 9.82 Å². The van der Waals surface area contributed by atoms with Gasteiger partial charge in [-0.25, -0.2) is 16.8 Å². The van der Waals surface area contributed by atoms with Crippen LogP contribution in [0.15, 0.2) is 52.2 Å². The lowest BCUT2D eigenvalue weighted by Gasteiger charge is -2.18. The Morgan fingerprint density at radius 3 is 2.42 bits per heavy atom. The highest BCUT2D eigenvalue weighted by atomic mass is 32.2. The van der Waals surface area contributed by atoms with Crippen LogP contribution in [0.2, 0.25) is 0 Å². The molecule has 2 aromatic rings. The summed E-state index contributed by atoms with van der Waals surface area (Å²) in [5.41, 5.74) is 1.74. The van der Waals surface area contributed by atoms with Gasteiger partial charge in [0.05, 0.1) is 24.0 Å². The number of nitrogens with one attached hydrogen (secondary N) is 1. The van der Waals surface area contributed by atoms with Crippen molar-refractivity contribution in [3.63, 3.8) is 0 Å². The Bertz CT molecular complexity index is 1010. The third kappa shape index (κ3) is 3.91. The topological polar surface area (TPSA) is 109 Å². The molecular formula is C16H19N3O5S2. The van der Waals surface area contributed by atoms with Crippen LogP contribution in [0.3, 0.4) is 0 Å². The third-order valence-corrected chi connectivity index (χ3v) is 6.28. The first kappa shape index (κ1) is 18.5. The number of anilines is 1. The van der Waals surface area contributed by atoms with Crippen molar-refractivity contribution in [1.29, 1.82) is 0 Å². The van der Waals surface area contributed by atoms with Gasteiger partial charge < -0.3 is 4.42 Å². The maximum Gasteiger partial charge on any atom is 0.247 e. The Balaban J connectivity index is 1.87. The minimum atomic E-state index is -3.56. The van der Waals surface area contributed by atoms with Gasteiger partial charge in [0.2, 0.25) is 20.0 Å². The average molecular weight is 397 g/mol. The van der Waals surface area contributed by atoms with Crippen LogP contribution in [-0.2, 0) is 20.0 Å². The Hall–Kier alpha value is -2.33. The van der Waals surface area contributed by atoms with E-state index in [-0.39, 0.29) is 5.75 Å². The molecule has 0 fully saturated rings. The van der Waals surface area contributed by atoms with Crippen LogP contribution in [0, 0.1) is 0 Å². The molecule has 0 saturated carbocycles. The molecule has 2 heterocycles. The molecule has 0 spiro atoms. The fourth-order valence-corrected chi connectivity index (χ4v) is 4.17. The van der Waals surface area contributed by atoms with Gasteiger partial charge in [0.1, 0.15) is 11.8 Å². The van der Waals surface area contributed by atoms with Crippen LogP contribution < -0.4 is 4.72 Å². The summed E-state index contributed by atoms with van der Waals surface area (Å²) in [5.74, 6) is 0.497. The number of hydrogen-bond acceptors (Lipinski definition) is 6. The summed E-state index contributed by atoms with van der Waals surface area (Å²) >= 11 is 0. The summed E-state index contributed by atoms with van der Waals surface area (Å²) in [6.07, 6.45) is 2.95. The van der Waals surface area contributed by atoms with Crippen LogP contribution in [0.5, 0.6) is 0 Å². The molecule has 1 atom stereocenters. The van der Waals surface area contributed by atoms with E-state index in [9.17, 15) is 16.8 Å². The van der Waals surface area contributed by atoms with Gasteiger partial charge in [0, 0.05) is 12.1 Å². The first-order valence-corrected chi connectivity index (χ1v) is 11.4. The number of hydrogen-bond donors (Lipinski definition) is 1. The SMILES string of the molecule is CCS(=O)(=O)Nc1ccc(C2=NN(S(C)(=O)=O)[C@@H](c3ccco3)C2)cc1. The van der Waals surface area contributed by atoms with Crippen molar-refractivity contribution in [1.82, 2.24) is 4.41 Å². The molecule has 3 rings (SSSR count). The van der Waals surface area contributed by atoms with E-state index in [1.54, 1.807) is 43.3 Å². The summed E-state index contributed by atoms with van der Waals surface area (Å²) in [4.78, 5) is 0. The van der Waals surface area contributed by atoms with Crippen LogP contribution in [0.25, 0.3) is 0 Å². The highest BCUT2D eigenvalue weighted by Crippen LogP contribution is 2.34. The van der Waals surface area contributed by atoms with Crippen molar-refractivity contribution < 1.29 is 21.3 Å². The summed E-state index contributed by atoms with van der Waals surface area (Å²) in [6.45, 7) is 1.55. The summed E-state index contributed by atoms with van der Waals surface area (Å²) < 4.78 is 56.2. The lowest BCUT2D eigenvalue weighted by molar-refractivity contribution is 0.322. The Morgan fingerprint density at radius 2 is 1.88 bits per heavy atom. The minimum absolute atomic E-state index is 0.0182. The second-order valence-electron chi connectivity index (χ2n) is 5.90. The normalized spacial score (nSPS) is 18.0. The van der Waals surface area contributed by atoms with Crippen molar-refractivity contribution >= 4 is 31.4 Å². The zero-order valence-electron chi connectivity index (χ0n) is 14.3. The summed E-state index contributed by atoms with van der Waals surface area (Å²) in [6, 6.07) is 9.53. The van der Waals surface area contributed by atoms with Gasteiger partial charge in [-0.3, -0.25) is 4.72 Å². The van der Waals surface area contributed by atoms with Gasteiger partial charge in [0.15, 0.2) is 0 Å². The van der Waals surface area contributed by atoms with Gasteiger partial charge in [-0.15, -0.1) is 0 Å². The number of furan rings is 1. The van der Waals surface area contributed by atoms with E-state index < -0.39 is 26.1 Å². The summed E-state index contributed by atoms with van der Waals surface area (Å²) in [5, 5.41) is 4.25. The van der Waals surface area contributed by atoms with Crippen molar-refractivity contribution in [2.24, 2.45) is 5.10 Å². The van der Waals surface area contributed by atoms with Crippen LogP contribution in [0.4, 0.5) is 5.69 Å². The van der Waals surface area contributed by atoms with Gasteiger partial charge in [-0.05, 0) is 36.8 Å².